The molecule has 0 radical (unpaired) electrons. The molecule has 2 N–H and O–H groups in total. The number of hydrogen-bond donors (Lipinski definition) is 2. The van der Waals surface area contributed by atoms with Gasteiger partial charge in [0.05, 0.1) is 11.8 Å². The lowest BCUT2D eigenvalue weighted by Crippen LogP contribution is -2.41. The Balaban J connectivity index is 4.39. The van der Waals surface area contributed by atoms with Gasteiger partial charge in [-0.25, -0.2) is 8.78 Å². The van der Waals surface area contributed by atoms with Crippen molar-refractivity contribution in [2.75, 3.05) is 6.54 Å². The van der Waals surface area contributed by atoms with Gasteiger partial charge in [0.2, 0.25) is 12.3 Å². The molecule has 0 aliphatic carbocycles. The van der Waals surface area contributed by atoms with Crippen LogP contribution in [0.15, 0.2) is 0 Å². The van der Waals surface area contributed by atoms with Crippen molar-refractivity contribution in [2.24, 2.45) is 5.41 Å². The zero-order valence-corrected chi connectivity index (χ0v) is 8.01. The second-order valence-electron chi connectivity index (χ2n) is 3.43. The van der Waals surface area contributed by atoms with Crippen LogP contribution in [0, 0.1) is 5.41 Å². The van der Waals surface area contributed by atoms with Gasteiger partial charge in [-0.1, -0.05) is 6.92 Å². The van der Waals surface area contributed by atoms with Gasteiger partial charge >= 0.3 is 5.97 Å². The summed E-state index contributed by atoms with van der Waals surface area (Å²) >= 11 is 0. The number of carboxylic acid groups (broad SMARTS) is 1. The number of hydrogen-bond acceptors (Lipinski definition) is 2. The molecule has 0 aromatic rings. The maximum atomic E-state index is 12.5. The quantitative estimate of drug-likeness (QED) is 0.706. The molecule has 0 rings (SSSR count). The van der Waals surface area contributed by atoms with Crippen molar-refractivity contribution in [2.45, 2.75) is 26.7 Å². The lowest BCUT2D eigenvalue weighted by atomic mass is 9.87. The van der Waals surface area contributed by atoms with Crippen LogP contribution in [0.5, 0.6) is 0 Å². The molecule has 0 aliphatic rings. The van der Waals surface area contributed by atoms with Crippen molar-refractivity contribution < 1.29 is 23.5 Å². The number of nitrogens with one attached hydrogen (secondary N) is 1. The van der Waals surface area contributed by atoms with Crippen molar-refractivity contribution in [3.8, 4) is 0 Å². The molecule has 4 nitrogen and oxygen atoms in total. The van der Waals surface area contributed by atoms with E-state index >= 15 is 0 Å². The molecule has 0 aromatic carbocycles. The van der Waals surface area contributed by atoms with Crippen LogP contribution >= 0.6 is 0 Å². The zero-order chi connectivity index (χ0) is 11.4. The fourth-order valence-corrected chi connectivity index (χ4v) is 0.889. The highest BCUT2D eigenvalue weighted by Gasteiger charge is 2.37. The number of carboxylic acids is 1. The first-order valence-electron chi connectivity index (χ1n) is 4.02. The van der Waals surface area contributed by atoms with E-state index < -0.39 is 30.1 Å². The SMILES string of the molecule is CC(=O)NCC(C)(CC(=O)O)C(F)F. The van der Waals surface area contributed by atoms with Gasteiger partial charge in [-0.2, -0.15) is 0 Å². The molecular formula is C8H13F2NO3. The summed E-state index contributed by atoms with van der Waals surface area (Å²) in [4.78, 5) is 20.8. The molecule has 1 atom stereocenters. The second kappa shape index (κ2) is 4.88. The van der Waals surface area contributed by atoms with Gasteiger partial charge in [0.15, 0.2) is 0 Å². The Bertz CT molecular complexity index is 233. The standard InChI is InChI=1S/C8H13F2NO3/c1-5(12)11-4-8(2,7(9)10)3-6(13)14/h7H,3-4H2,1-2H3,(H,11,12)(H,13,14). The molecule has 0 fully saturated rings. The smallest absolute Gasteiger partial charge is 0.304 e. The summed E-state index contributed by atoms with van der Waals surface area (Å²) in [5, 5.41) is 10.6. The first-order chi connectivity index (χ1) is 6.28. The Hall–Kier alpha value is -1.20. The molecule has 1 unspecified atom stereocenters. The summed E-state index contributed by atoms with van der Waals surface area (Å²) in [7, 11) is 0. The van der Waals surface area contributed by atoms with Gasteiger partial charge in [0, 0.05) is 13.5 Å². The Labute approximate surface area is 80.3 Å². The normalized spacial score (nSPS) is 14.9. The summed E-state index contributed by atoms with van der Waals surface area (Å²) < 4.78 is 25.0. The third-order valence-corrected chi connectivity index (χ3v) is 1.82. The minimum atomic E-state index is -2.79. The largest absolute Gasteiger partial charge is 0.481 e. The lowest BCUT2D eigenvalue weighted by molar-refractivity contribution is -0.143. The van der Waals surface area contributed by atoms with E-state index in [0.29, 0.717) is 0 Å². The van der Waals surface area contributed by atoms with Gasteiger partial charge in [0.25, 0.3) is 0 Å². The highest BCUT2D eigenvalue weighted by Crippen LogP contribution is 2.28. The molecule has 0 spiro atoms. The van der Waals surface area contributed by atoms with E-state index in [4.69, 9.17) is 5.11 Å². The van der Waals surface area contributed by atoms with Crippen LogP contribution in [-0.4, -0.2) is 30.0 Å². The van der Waals surface area contributed by atoms with Crippen molar-refractivity contribution in [1.29, 1.82) is 0 Å². The Kier molecular flexibility index (Phi) is 4.46. The van der Waals surface area contributed by atoms with Crippen LogP contribution in [0.4, 0.5) is 8.78 Å². The van der Waals surface area contributed by atoms with Crippen LogP contribution in [0.3, 0.4) is 0 Å². The maximum absolute atomic E-state index is 12.5. The minimum Gasteiger partial charge on any atom is -0.481 e. The topological polar surface area (TPSA) is 66.4 Å². The number of alkyl halides is 2. The summed E-state index contributed by atoms with van der Waals surface area (Å²) in [6.45, 7) is 1.97. The highest BCUT2D eigenvalue weighted by molar-refractivity contribution is 5.73. The minimum absolute atomic E-state index is 0.341. The first kappa shape index (κ1) is 12.8. The van der Waals surface area contributed by atoms with Crippen molar-refractivity contribution >= 4 is 11.9 Å². The van der Waals surface area contributed by atoms with E-state index in [9.17, 15) is 18.4 Å². The summed E-state index contributed by atoms with van der Waals surface area (Å²) in [5.74, 6) is -1.76. The van der Waals surface area contributed by atoms with Gasteiger partial charge in [-0.05, 0) is 0 Å². The number of carbonyl (C=O) groups excluding carboxylic acids is 1. The van der Waals surface area contributed by atoms with Crippen LogP contribution in [0.1, 0.15) is 20.3 Å². The van der Waals surface area contributed by atoms with Gasteiger partial charge < -0.3 is 10.4 Å². The fourth-order valence-electron chi connectivity index (χ4n) is 0.889. The molecule has 0 bridgehead atoms. The van der Waals surface area contributed by atoms with Crippen LogP contribution < -0.4 is 5.32 Å². The predicted molar refractivity (Wildman–Crippen MR) is 45.0 cm³/mol. The molecular weight excluding hydrogens is 196 g/mol. The van der Waals surface area contributed by atoms with E-state index in [1.165, 1.54) is 6.92 Å². The Morgan fingerprint density at radius 2 is 2.00 bits per heavy atom. The van der Waals surface area contributed by atoms with E-state index in [1.54, 1.807) is 0 Å². The van der Waals surface area contributed by atoms with E-state index in [0.717, 1.165) is 6.92 Å². The molecule has 0 heterocycles. The average molecular weight is 209 g/mol. The third-order valence-electron chi connectivity index (χ3n) is 1.82. The number of amides is 1. The van der Waals surface area contributed by atoms with E-state index in [-0.39, 0.29) is 6.54 Å². The first-order valence-corrected chi connectivity index (χ1v) is 4.02. The molecule has 14 heavy (non-hydrogen) atoms. The Morgan fingerprint density at radius 1 is 1.50 bits per heavy atom. The van der Waals surface area contributed by atoms with Crippen LogP contribution in [0.2, 0.25) is 0 Å². The number of rotatable bonds is 5. The highest BCUT2D eigenvalue weighted by atomic mass is 19.3. The lowest BCUT2D eigenvalue weighted by Gasteiger charge is -2.26. The third kappa shape index (κ3) is 4.15. The van der Waals surface area contributed by atoms with Gasteiger partial charge in [-0.3, -0.25) is 9.59 Å². The number of halogens is 2. The van der Waals surface area contributed by atoms with E-state index in [2.05, 4.69) is 5.32 Å². The van der Waals surface area contributed by atoms with E-state index in [1.807, 2.05) is 0 Å². The van der Waals surface area contributed by atoms with Crippen LogP contribution in [0.25, 0.3) is 0 Å². The zero-order valence-electron chi connectivity index (χ0n) is 8.01. The van der Waals surface area contributed by atoms with Crippen molar-refractivity contribution in [3.05, 3.63) is 0 Å². The van der Waals surface area contributed by atoms with Crippen molar-refractivity contribution in [3.63, 3.8) is 0 Å². The summed E-state index contributed by atoms with van der Waals surface area (Å²) in [6.07, 6.45) is -3.46. The van der Waals surface area contributed by atoms with Gasteiger partial charge in [-0.15, -0.1) is 0 Å². The number of carbonyl (C=O) groups is 2. The molecule has 0 aliphatic heterocycles. The molecule has 1 amide bonds. The summed E-state index contributed by atoms with van der Waals surface area (Å²) in [5.41, 5.74) is -1.71. The predicted octanol–water partition coefficient (Wildman–Crippen LogP) is 0.869. The molecule has 0 aromatic heterocycles. The molecule has 6 heteroatoms. The molecule has 0 saturated heterocycles. The summed E-state index contributed by atoms with van der Waals surface area (Å²) in [6, 6.07) is 0. The molecule has 82 valence electrons. The van der Waals surface area contributed by atoms with Crippen molar-refractivity contribution in [1.82, 2.24) is 5.32 Å². The van der Waals surface area contributed by atoms with Crippen LogP contribution in [-0.2, 0) is 9.59 Å². The average Bonchev–Trinajstić information content (AvgIpc) is 1.99. The monoisotopic (exact) mass is 209 g/mol. The fraction of sp³-hybridized carbons (Fsp3) is 0.750. The second-order valence-corrected chi connectivity index (χ2v) is 3.43. The van der Waals surface area contributed by atoms with Gasteiger partial charge in [0.1, 0.15) is 0 Å². The number of aliphatic carboxylic acids is 1. The molecule has 0 saturated carbocycles. The maximum Gasteiger partial charge on any atom is 0.304 e. The Morgan fingerprint density at radius 3 is 2.29 bits per heavy atom.